The lowest BCUT2D eigenvalue weighted by Crippen LogP contribution is -2.07. The van der Waals surface area contributed by atoms with E-state index in [0.717, 1.165) is 16.8 Å². The molecule has 0 aliphatic heterocycles. The van der Waals surface area contributed by atoms with Crippen molar-refractivity contribution in [2.75, 3.05) is 12.0 Å². The predicted molar refractivity (Wildman–Crippen MR) is 74.5 cm³/mol. The van der Waals surface area contributed by atoms with Crippen LogP contribution in [0.5, 0.6) is 0 Å². The molecule has 2 aromatic rings. The second kappa shape index (κ2) is 5.50. The van der Waals surface area contributed by atoms with Gasteiger partial charge < -0.3 is 5.73 Å². The van der Waals surface area contributed by atoms with Gasteiger partial charge in [0.25, 0.3) is 0 Å². The fourth-order valence-corrected chi connectivity index (χ4v) is 2.57. The first-order chi connectivity index (χ1) is 9.79. The molecule has 4 nitrogen and oxygen atoms in total. The zero-order valence-electron chi connectivity index (χ0n) is 10.6. The van der Waals surface area contributed by atoms with Gasteiger partial charge in [0.1, 0.15) is 11.9 Å². The van der Waals surface area contributed by atoms with Gasteiger partial charge in [0.2, 0.25) is 0 Å². The quantitative estimate of drug-likeness (QED) is 0.851. The lowest BCUT2D eigenvalue weighted by Gasteiger charge is -2.11. The number of anilines is 1. The fourth-order valence-electron chi connectivity index (χ4n) is 1.73. The van der Waals surface area contributed by atoms with E-state index in [2.05, 4.69) is 5.10 Å². The Kier molecular flexibility index (Phi) is 4.07. The summed E-state index contributed by atoms with van der Waals surface area (Å²) in [5.41, 5.74) is 5.27. The summed E-state index contributed by atoms with van der Waals surface area (Å²) < 4.78 is 39.0. The zero-order chi connectivity index (χ0) is 15.8. The minimum absolute atomic E-state index is 0.0935. The first-order valence-corrected chi connectivity index (χ1v) is 7.09. The first-order valence-electron chi connectivity index (χ1n) is 5.49. The number of halogens is 4. The van der Waals surface area contributed by atoms with E-state index in [9.17, 15) is 13.2 Å². The second-order valence-corrected chi connectivity index (χ2v) is 5.18. The van der Waals surface area contributed by atoms with E-state index in [-0.39, 0.29) is 22.2 Å². The van der Waals surface area contributed by atoms with E-state index in [0.29, 0.717) is 4.90 Å². The standard InChI is InChI=1S/C12H8ClF3N4S/c1-21-10-8(5-17)19-20(11(10)18)9-3-2-6(4-7(9)13)12(14,15)16/h2-4H,18H2,1H3. The number of nitrogens with two attached hydrogens (primary N) is 1. The maximum Gasteiger partial charge on any atom is 0.416 e. The van der Waals surface area contributed by atoms with Crippen molar-refractivity contribution in [3.63, 3.8) is 0 Å². The first kappa shape index (κ1) is 15.5. The lowest BCUT2D eigenvalue weighted by atomic mass is 10.2. The minimum Gasteiger partial charge on any atom is -0.383 e. The van der Waals surface area contributed by atoms with Gasteiger partial charge in [-0.2, -0.15) is 23.5 Å². The number of nitriles is 1. The summed E-state index contributed by atoms with van der Waals surface area (Å²) in [4.78, 5) is 0.452. The second-order valence-electron chi connectivity index (χ2n) is 3.95. The van der Waals surface area contributed by atoms with Gasteiger partial charge in [-0.05, 0) is 24.5 Å². The minimum atomic E-state index is -4.49. The average Bonchev–Trinajstić information content (AvgIpc) is 2.73. The number of alkyl halides is 3. The third-order valence-electron chi connectivity index (χ3n) is 2.69. The van der Waals surface area contributed by atoms with Gasteiger partial charge in [0, 0.05) is 0 Å². The van der Waals surface area contributed by atoms with Gasteiger partial charge in [-0.25, -0.2) is 4.68 Å². The highest BCUT2D eigenvalue weighted by Gasteiger charge is 2.31. The van der Waals surface area contributed by atoms with E-state index < -0.39 is 11.7 Å². The molecule has 0 fully saturated rings. The SMILES string of the molecule is CSc1c(C#N)nn(-c2ccc(C(F)(F)F)cc2Cl)c1N. The zero-order valence-corrected chi connectivity index (χ0v) is 12.1. The Morgan fingerprint density at radius 1 is 1.43 bits per heavy atom. The van der Waals surface area contributed by atoms with Gasteiger partial charge >= 0.3 is 6.18 Å². The largest absolute Gasteiger partial charge is 0.416 e. The molecule has 110 valence electrons. The number of nitrogens with zero attached hydrogens (tertiary/aromatic N) is 3. The third kappa shape index (κ3) is 2.80. The van der Waals surface area contributed by atoms with Crippen LogP contribution in [0.25, 0.3) is 5.69 Å². The fraction of sp³-hybridized carbons (Fsp3) is 0.167. The number of thioether (sulfide) groups is 1. The molecule has 0 radical (unpaired) electrons. The van der Waals surface area contributed by atoms with Crippen LogP contribution >= 0.6 is 23.4 Å². The van der Waals surface area contributed by atoms with Crippen LogP contribution < -0.4 is 5.73 Å². The number of hydrogen-bond acceptors (Lipinski definition) is 4. The van der Waals surface area contributed by atoms with Crippen molar-refractivity contribution in [1.29, 1.82) is 5.26 Å². The molecule has 9 heteroatoms. The molecule has 0 atom stereocenters. The maximum atomic E-state index is 12.6. The Bertz CT molecular complexity index is 733. The number of aromatic nitrogens is 2. The summed E-state index contributed by atoms with van der Waals surface area (Å²) in [6.07, 6.45) is -2.77. The molecule has 0 aliphatic rings. The molecule has 0 aliphatic carbocycles. The molecule has 0 saturated heterocycles. The highest BCUT2D eigenvalue weighted by Crippen LogP contribution is 2.35. The van der Waals surface area contributed by atoms with Gasteiger partial charge in [0.05, 0.1) is 21.2 Å². The molecule has 0 bridgehead atoms. The van der Waals surface area contributed by atoms with Crippen LogP contribution in [-0.4, -0.2) is 16.0 Å². The Morgan fingerprint density at radius 3 is 2.52 bits per heavy atom. The summed E-state index contributed by atoms with van der Waals surface area (Å²) in [7, 11) is 0. The van der Waals surface area contributed by atoms with Gasteiger partial charge in [-0.3, -0.25) is 0 Å². The van der Waals surface area contributed by atoms with Crippen molar-refractivity contribution in [1.82, 2.24) is 9.78 Å². The number of benzene rings is 1. The molecule has 2 rings (SSSR count). The smallest absolute Gasteiger partial charge is 0.383 e. The van der Waals surface area contributed by atoms with Crippen molar-refractivity contribution in [2.24, 2.45) is 0 Å². The summed E-state index contributed by atoms with van der Waals surface area (Å²) >= 11 is 7.11. The summed E-state index contributed by atoms with van der Waals surface area (Å²) in [6.45, 7) is 0. The van der Waals surface area contributed by atoms with Crippen LogP contribution in [0.2, 0.25) is 5.02 Å². The summed E-state index contributed by atoms with van der Waals surface area (Å²) in [6, 6.07) is 4.72. The van der Waals surface area contributed by atoms with Gasteiger partial charge in [-0.1, -0.05) is 11.6 Å². The van der Waals surface area contributed by atoms with Gasteiger partial charge in [0.15, 0.2) is 5.69 Å². The molecule has 21 heavy (non-hydrogen) atoms. The molecule has 0 saturated carbocycles. The van der Waals surface area contributed by atoms with Crippen LogP contribution in [0.4, 0.5) is 19.0 Å². The lowest BCUT2D eigenvalue weighted by molar-refractivity contribution is -0.137. The Hall–Kier alpha value is -1.85. The highest BCUT2D eigenvalue weighted by atomic mass is 35.5. The van der Waals surface area contributed by atoms with E-state index in [1.807, 2.05) is 6.07 Å². The normalized spacial score (nSPS) is 11.4. The summed E-state index contributed by atoms with van der Waals surface area (Å²) in [5.74, 6) is 0.153. The van der Waals surface area contributed by atoms with Crippen molar-refractivity contribution < 1.29 is 13.2 Å². The number of nitrogen functional groups attached to an aromatic ring is 1. The van der Waals surface area contributed by atoms with E-state index in [1.165, 1.54) is 17.8 Å². The van der Waals surface area contributed by atoms with E-state index in [4.69, 9.17) is 22.6 Å². The van der Waals surface area contributed by atoms with E-state index >= 15 is 0 Å². The molecule has 0 spiro atoms. The molecular weight excluding hydrogens is 325 g/mol. The molecule has 1 aromatic carbocycles. The monoisotopic (exact) mass is 332 g/mol. The van der Waals surface area contributed by atoms with Crippen molar-refractivity contribution in [3.8, 4) is 11.8 Å². The van der Waals surface area contributed by atoms with Crippen LogP contribution in [0.15, 0.2) is 23.1 Å². The average molecular weight is 333 g/mol. The molecule has 0 unspecified atom stereocenters. The number of rotatable bonds is 2. The molecule has 2 N–H and O–H groups in total. The maximum absolute atomic E-state index is 12.6. The highest BCUT2D eigenvalue weighted by molar-refractivity contribution is 7.98. The van der Waals surface area contributed by atoms with Crippen molar-refractivity contribution in [3.05, 3.63) is 34.5 Å². The Morgan fingerprint density at radius 2 is 2.10 bits per heavy atom. The molecule has 0 amide bonds. The number of hydrogen-bond donors (Lipinski definition) is 1. The predicted octanol–water partition coefficient (Wildman–Crippen LogP) is 3.72. The van der Waals surface area contributed by atoms with Crippen LogP contribution in [0.1, 0.15) is 11.3 Å². The topological polar surface area (TPSA) is 67.6 Å². The molecule has 1 aromatic heterocycles. The van der Waals surface area contributed by atoms with Crippen LogP contribution in [-0.2, 0) is 6.18 Å². The van der Waals surface area contributed by atoms with Gasteiger partial charge in [-0.15, -0.1) is 11.8 Å². The summed E-state index contributed by atoms with van der Waals surface area (Å²) in [5, 5.41) is 12.8. The van der Waals surface area contributed by atoms with Crippen molar-refractivity contribution >= 4 is 29.2 Å². The Balaban J connectivity index is 2.59. The molecule has 1 heterocycles. The third-order valence-corrected chi connectivity index (χ3v) is 3.80. The molecular formula is C12H8ClF3N4S. The van der Waals surface area contributed by atoms with Crippen LogP contribution in [0.3, 0.4) is 0 Å². The van der Waals surface area contributed by atoms with Crippen molar-refractivity contribution in [2.45, 2.75) is 11.1 Å². The Labute approximate surface area is 127 Å². The van der Waals surface area contributed by atoms with Crippen LogP contribution in [0, 0.1) is 11.3 Å². The van der Waals surface area contributed by atoms with E-state index in [1.54, 1.807) is 6.26 Å².